The van der Waals surface area contributed by atoms with E-state index in [1.807, 2.05) is 18.5 Å². The summed E-state index contributed by atoms with van der Waals surface area (Å²) in [5.74, 6) is 0.920. The first kappa shape index (κ1) is 18.0. The van der Waals surface area contributed by atoms with Crippen molar-refractivity contribution in [3.8, 4) is 0 Å². The Morgan fingerprint density at radius 2 is 1.69 bits per heavy atom. The predicted octanol–water partition coefficient (Wildman–Crippen LogP) is 3.83. The molecule has 0 bridgehead atoms. The van der Waals surface area contributed by atoms with Crippen LogP contribution in [0.25, 0.3) is 0 Å². The largest absolute Gasteiger partial charge is 0.299 e. The molecule has 2 aliphatic rings. The van der Waals surface area contributed by atoms with E-state index in [0.717, 1.165) is 23.5 Å². The maximum absolute atomic E-state index is 4.56. The molecule has 2 aromatic rings. The molecule has 0 radical (unpaired) electrons. The molecular weight excluding hydrogens is 340 g/mol. The molecule has 0 amide bonds. The number of hydrogen-bond donors (Lipinski definition) is 0. The molecule has 0 unspecified atom stereocenters. The quantitative estimate of drug-likeness (QED) is 0.571. The van der Waals surface area contributed by atoms with Gasteiger partial charge in [0.25, 0.3) is 0 Å². The van der Waals surface area contributed by atoms with Gasteiger partial charge in [0.15, 0.2) is 5.16 Å². The second-order valence-electron chi connectivity index (χ2n) is 7.42. The van der Waals surface area contributed by atoms with Crippen LogP contribution in [0.5, 0.6) is 0 Å². The summed E-state index contributed by atoms with van der Waals surface area (Å²) in [4.78, 5) is 14.4. The molecule has 1 aromatic carbocycles. The zero-order valence-corrected chi connectivity index (χ0v) is 16.2. The molecule has 5 heteroatoms. The highest BCUT2D eigenvalue weighted by molar-refractivity contribution is 7.98. The lowest BCUT2D eigenvalue weighted by molar-refractivity contribution is 0.161. The van der Waals surface area contributed by atoms with Crippen molar-refractivity contribution in [3.05, 3.63) is 53.9 Å². The number of aromatic nitrogens is 2. The van der Waals surface area contributed by atoms with Crippen molar-refractivity contribution in [3.63, 3.8) is 0 Å². The average molecular weight is 369 g/mol. The highest BCUT2D eigenvalue weighted by atomic mass is 32.2. The summed E-state index contributed by atoms with van der Waals surface area (Å²) in [5, 5.41) is 0.866. The lowest BCUT2D eigenvalue weighted by Crippen LogP contribution is -2.40. The van der Waals surface area contributed by atoms with Gasteiger partial charge in [-0.2, -0.15) is 0 Å². The first-order valence-electron chi connectivity index (χ1n) is 9.81. The van der Waals surface area contributed by atoms with Crippen LogP contribution in [-0.2, 0) is 12.3 Å². The van der Waals surface area contributed by atoms with Crippen LogP contribution in [-0.4, -0.2) is 52.0 Å². The lowest BCUT2D eigenvalue weighted by atomic mass is 10.1. The van der Waals surface area contributed by atoms with Crippen LogP contribution in [0.3, 0.4) is 0 Å². The topological polar surface area (TPSA) is 32.3 Å². The minimum absolute atomic E-state index is 0.761. The first-order chi connectivity index (χ1) is 12.9. The monoisotopic (exact) mass is 368 g/mol. The molecular formula is C21H28N4S. The fourth-order valence-electron chi connectivity index (χ4n) is 4.02. The third-order valence-corrected chi connectivity index (χ3v) is 6.40. The van der Waals surface area contributed by atoms with Gasteiger partial charge in [-0.25, -0.2) is 9.97 Å². The van der Waals surface area contributed by atoms with E-state index in [1.54, 1.807) is 11.8 Å². The van der Waals surface area contributed by atoms with Gasteiger partial charge in [0.05, 0.1) is 0 Å². The Hall–Kier alpha value is -1.43. The zero-order chi connectivity index (χ0) is 17.6. The van der Waals surface area contributed by atoms with Crippen LogP contribution in [0.15, 0.2) is 47.9 Å². The average Bonchev–Trinajstić information content (AvgIpc) is 3.17. The van der Waals surface area contributed by atoms with Gasteiger partial charge < -0.3 is 0 Å². The van der Waals surface area contributed by atoms with E-state index in [9.17, 15) is 0 Å². The number of benzene rings is 1. The Balaban J connectivity index is 1.25. The van der Waals surface area contributed by atoms with Crippen molar-refractivity contribution in [2.75, 3.05) is 26.2 Å². The molecule has 0 N–H and O–H groups in total. The number of hydrogen-bond acceptors (Lipinski definition) is 5. The minimum Gasteiger partial charge on any atom is -0.299 e. The Labute approximate surface area is 161 Å². The molecule has 138 valence electrons. The van der Waals surface area contributed by atoms with Gasteiger partial charge in [0.1, 0.15) is 0 Å². The predicted molar refractivity (Wildman–Crippen MR) is 107 cm³/mol. The molecule has 3 heterocycles. The van der Waals surface area contributed by atoms with Gasteiger partial charge in [-0.1, -0.05) is 48.5 Å². The number of rotatable bonds is 6. The molecule has 0 spiro atoms. The SMILES string of the molecule is c1ccc(CSc2ncc(CN3CC[C@H](N4CCCCC4)C3)cn2)cc1. The molecule has 4 nitrogen and oxygen atoms in total. The van der Waals surface area contributed by atoms with E-state index in [4.69, 9.17) is 0 Å². The Bertz CT molecular complexity index is 670. The molecule has 1 aromatic heterocycles. The smallest absolute Gasteiger partial charge is 0.187 e. The molecule has 26 heavy (non-hydrogen) atoms. The molecule has 0 aliphatic carbocycles. The van der Waals surface area contributed by atoms with Crippen molar-refractivity contribution in [2.45, 2.75) is 49.2 Å². The molecule has 2 fully saturated rings. The Kier molecular flexibility index (Phi) is 6.20. The van der Waals surface area contributed by atoms with E-state index in [-0.39, 0.29) is 0 Å². The third kappa shape index (κ3) is 4.84. The van der Waals surface area contributed by atoms with Gasteiger partial charge in [-0.3, -0.25) is 9.80 Å². The molecule has 4 rings (SSSR count). The summed E-state index contributed by atoms with van der Waals surface area (Å²) in [6, 6.07) is 11.3. The summed E-state index contributed by atoms with van der Waals surface area (Å²) in [5.41, 5.74) is 2.54. The number of nitrogens with zero attached hydrogens (tertiary/aromatic N) is 4. The fourth-order valence-corrected chi connectivity index (χ4v) is 4.76. The van der Waals surface area contributed by atoms with E-state index in [0.29, 0.717) is 0 Å². The van der Waals surface area contributed by atoms with Crippen LogP contribution in [0.4, 0.5) is 0 Å². The number of thioether (sulfide) groups is 1. The molecule has 0 saturated carbocycles. The summed E-state index contributed by atoms with van der Waals surface area (Å²) in [7, 11) is 0. The van der Waals surface area contributed by atoms with E-state index in [2.05, 4.69) is 44.0 Å². The molecule has 2 saturated heterocycles. The maximum atomic E-state index is 4.56. The second-order valence-corrected chi connectivity index (χ2v) is 8.36. The summed E-state index contributed by atoms with van der Waals surface area (Å²) in [6.45, 7) is 5.98. The van der Waals surface area contributed by atoms with Crippen molar-refractivity contribution in [1.29, 1.82) is 0 Å². The van der Waals surface area contributed by atoms with Crippen LogP contribution < -0.4 is 0 Å². The van der Waals surface area contributed by atoms with E-state index >= 15 is 0 Å². The first-order valence-corrected chi connectivity index (χ1v) is 10.8. The standard InChI is InChI=1S/C21H28N4S/c1-3-7-18(8-4-1)17-26-21-22-13-19(14-23-21)15-24-12-9-20(16-24)25-10-5-2-6-11-25/h1,3-4,7-8,13-14,20H,2,5-6,9-12,15-17H2/t20-/m0/s1. The van der Waals surface area contributed by atoms with Crippen LogP contribution >= 0.6 is 11.8 Å². The Morgan fingerprint density at radius 1 is 0.923 bits per heavy atom. The van der Waals surface area contributed by atoms with Crippen molar-refractivity contribution < 1.29 is 0 Å². The summed E-state index contributed by atoms with van der Waals surface area (Å²) in [6.07, 6.45) is 9.51. The minimum atomic E-state index is 0.761. The molecule has 1 atom stereocenters. The third-order valence-electron chi connectivity index (χ3n) is 5.45. The van der Waals surface area contributed by atoms with Gasteiger partial charge in [-0.05, 0) is 37.9 Å². The van der Waals surface area contributed by atoms with Gasteiger partial charge in [0, 0.05) is 49.4 Å². The molecule has 2 aliphatic heterocycles. The van der Waals surface area contributed by atoms with Gasteiger partial charge in [0.2, 0.25) is 0 Å². The van der Waals surface area contributed by atoms with Gasteiger partial charge >= 0.3 is 0 Å². The van der Waals surface area contributed by atoms with Crippen molar-refractivity contribution in [1.82, 2.24) is 19.8 Å². The number of likely N-dealkylation sites (tertiary alicyclic amines) is 2. The van der Waals surface area contributed by atoms with E-state index < -0.39 is 0 Å². The van der Waals surface area contributed by atoms with Crippen LogP contribution in [0.1, 0.15) is 36.8 Å². The van der Waals surface area contributed by atoms with Crippen LogP contribution in [0.2, 0.25) is 0 Å². The number of piperidine rings is 1. The summed E-state index contributed by atoms with van der Waals surface area (Å²) >= 11 is 1.70. The van der Waals surface area contributed by atoms with Crippen LogP contribution in [0, 0.1) is 0 Å². The summed E-state index contributed by atoms with van der Waals surface area (Å²) < 4.78 is 0. The van der Waals surface area contributed by atoms with Crippen molar-refractivity contribution >= 4 is 11.8 Å². The highest BCUT2D eigenvalue weighted by Crippen LogP contribution is 2.22. The fraction of sp³-hybridized carbons (Fsp3) is 0.524. The van der Waals surface area contributed by atoms with Gasteiger partial charge in [-0.15, -0.1) is 0 Å². The highest BCUT2D eigenvalue weighted by Gasteiger charge is 2.28. The lowest BCUT2D eigenvalue weighted by Gasteiger charge is -2.32. The van der Waals surface area contributed by atoms with E-state index in [1.165, 1.54) is 63.0 Å². The normalized spacial score (nSPS) is 21.9. The zero-order valence-electron chi connectivity index (χ0n) is 15.4. The van der Waals surface area contributed by atoms with Crippen molar-refractivity contribution in [2.24, 2.45) is 0 Å². The maximum Gasteiger partial charge on any atom is 0.187 e. The second kappa shape index (κ2) is 8.98. The Morgan fingerprint density at radius 3 is 2.46 bits per heavy atom.